The molecule has 0 bridgehead atoms. The zero-order valence-corrected chi connectivity index (χ0v) is 15.0. The van der Waals surface area contributed by atoms with E-state index in [4.69, 9.17) is 30.5 Å². The summed E-state index contributed by atoms with van der Waals surface area (Å²) in [6.07, 6.45) is 0. The van der Waals surface area contributed by atoms with Crippen molar-refractivity contribution in [1.82, 2.24) is 0 Å². The van der Waals surface area contributed by atoms with Gasteiger partial charge in [0.05, 0.1) is 31.8 Å². The molecule has 0 fully saturated rings. The highest BCUT2D eigenvalue weighted by atomic mass is 35.5. The fourth-order valence-electron chi connectivity index (χ4n) is 2.23. The van der Waals surface area contributed by atoms with Gasteiger partial charge in [0, 0.05) is 6.07 Å². The minimum absolute atomic E-state index is 0.0218. The number of rotatable bonds is 7. The first-order chi connectivity index (χ1) is 12.4. The summed E-state index contributed by atoms with van der Waals surface area (Å²) < 4.78 is 20.9. The summed E-state index contributed by atoms with van der Waals surface area (Å²) in [7, 11) is 4.42. The Morgan fingerprint density at radius 3 is 2.19 bits per heavy atom. The van der Waals surface area contributed by atoms with Crippen LogP contribution in [0, 0.1) is 10.1 Å². The van der Waals surface area contributed by atoms with Crippen LogP contribution in [-0.4, -0.2) is 32.2 Å². The van der Waals surface area contributed by atoms with E-state index in [1.165, 1.54) is 33.5 Å². The number of methoxy groups -OCH3 is 3. The van der Waals surface area contributed by atoms with Crippen LogP contribution < -0.4 is 14.2 Å². The van der Waals surface area contributed by atoms with E-state index in [-0.39, 0.29) is 22.9 Å². The van der Waals surface area contributed by atoms with Crippen molar-refractivity contribution in [3.8, 4) is 17.2 Å². The van der Waals surface area contributed by atoms with E-state index in [9.17, 15) is 14.9 Å². The predicted octanol–water partition coefficient (Wildman–Crippen LogP) is 3.63. The number of nitro groups is 1. The number of ether oxygens (including phenoxy) is 4. The number of nitro benzene ring substituents is 1. The summed E-state index contributed by atoms with van der Waals surface area (Å²) in [5.41, 5.74) is 0.249. The van der Waals surface area contributed by atoms with Crippen molar-refractivity contribution in [2.24, 2.45) is 0 Å². The lowest BCUT2D eigenvalue weighted by Gasteiger charge is -2.14. The largest absolute Gasteiger partial charge is 0.493 e. The molecule has 0 atom stereocenters. The molecule has 2 aromatic rings. The fraction of sp³-hybridized carbons (Fsp3) is 0.235. The van der Waals surface area contributed by atoms with Crippen molar-refractivity contribution in [2.75, 3.05) is 21.3 Å². The second kappa shape index (κ2) is 8.39. The summed E-state index contributed by atoms with van der Waals surface area (Å²) in [6.45, 7) is -0.0913. The van der Waals surface area contributed by atoms with Gasteiger partial charge in [-0.05, 0) is 29.8 Å². The molecule has 0 aliphatic heterocycles. The first-order valence-corrected chi connectivity index (χ1v) is 7.69. The number of esters is 1. The molecule has 0 saturated heterocycles. The Labute approximate surface area is 154 Å². The van der Waals surface area contributed by atoms with E-state index in [0.717, 1.165) is 6.07 Å². The van der Waals surface area contributed by atoms with Gasteiger partial charge in [0.2, 0.25) is 5.75 Å². The molecule has 0 aliphatic rings. The SMILES string of the molecule is COc1cc(COC(=O)c2ccc(Cl)c([N+](=O)[O-])c2)cc(OC)c1OC. The lowest BCUT2D eigenvalue weighted by Crippen LogP contribution is -2.06. The highest BCUT2D eigenvalue weighted by molar-refractivity contribution is 6.32. The topological polar surface area (TPSA) is 97.1 Å². The lowest BCUT2D eigenvalue weighted by molar-refractivity contribution is -0.384. The number of nitrogens with zero attached hydrogens (tertiary/aromatic N) is 1. The van der Waals surface area contributed by atoms with Gasteiger partial charge in [-0.2, -0.15) is 0 Å². The van der Waals surface area contributed by atoms with E-state index in [0.29, 0.717) is 22.8 Å². The first-order valence-electron chi connectivity index (χ1n) is 7.31. The van der Waals surface area contributed by atoms with Gasteiger partial charge < -0.3 is 18.9 Å². The van der Waals surface area contributed by atoms with E-state index < -0.39 is 10.9 Å². The average Bonchev–Trinajstić information content (AvgIpc) is 2.65. The molecule has 0 N–H and O–H groups in total. The normalized spacial score (nSPS) is 10.2. The molecule has 8 nitrogen and oxygen atoms in total. The van der Waals surface area contributed by atoms with E-state index in [1.807, 2.05) is 0 Å². The molecule has 0 radical (unpaired) electrons. The quantitative estimate of drug-likeness (QED) is 0.410. The maximum atomic E-state index is 12.2. The summed E-state index contributed by atoms with van der Waals surface area (Å²) in [5, 5.41) is 10.8. The van der Waals surface area contributed by atoms with Crippen LogP contribution >= 0.6 is 11.6 Å². The molecular formula is C17H16ClNO7. The summed E-state index contributed by atoms with van der Waals surface area (Å²) in [5.74, 6) is 0.525. The van der Waals surface area contributed by atoms with E-state index in [2.05, 4.69) is 0 Å². The van der Waals surface area contributed by atoms with Crippen LogP contribution in [0.25, 0.3) is 0 Å². The molecule has 26 heavy (non-hydrogen) atoms. The lowest BCUT2D eigenvalue weighted by atomic mass is 10.2. The van der Waals surface area contributed by atoms with Crippen LogP contribution in [0.4, 0.5) is 5.69 Å². The van der Waals surface area contributed by atoms with Gasteiger partial charge in [-0.1, -0.05) is 11.6 Å². The Morgan fingerprint density at radius 1 is 1.08 bits per heavy atom. The van der Waals surface area contributed by atoms with Gasteiger partial charge in [-0.25, -0.2) is 4.79 Å². The molecule has 0 unspecified atom stereocenters. The molecule has 9 heteroatoms. The number of hydrogen-bond donors (Lipinski definition) is 0. The van der Waals surface area contributed by atoms with E-state index >= 15 is 0 Å². The molecular weight excluding hydrogens is 366 g/mol. The smallest absolute Gasteiger partial charge is 0.338 e. The molecule has 0 saturated carbocycles. The highest BCUT2D eigenvalue weighted by Gasteiger charge is 2.18. The zero-order valence-electron chi connectivity index (χ0n) is 14.3. The monoisotopic (exact) mass is 381 g/mol. The second-order valence-electron chi connectivity index (χ2n) is 5.03. The third-order valence-electron chi connectivity index (χ3n) is 3.47. The van der Waals surface area contributed by atoms with Crippen LogP contribution in [0.3, 0.4) is 0 Å². The number of carbonyl (C=O) groups excluding carboxylic acids is 1. The van der Waals surface area contributed by atoms with Crippen molar-refractivity contribution < 1.29 is 28.7 Å². The Hall–Kier alpha value is -3.00. The van der Waals surface area contributed by atoms with Gasteiger partial charge >= 0.3 is 5.97 Å². The van der Waals surface area contributed by atoms with Crippen LogP contribution in [0.1, 0.15) is 15.9 Å². The third kappa shape index (κ3) is 4.15. The van der Waals surface area contributed by atoms with Crippen LogP contribution in [-0.2, 0) is 11.3 Å². The molecule has 0 aromatic heterocycles. The zero-order chi connectivity index (χ0) is 19.3. The molecule has 138 valence electrons. The van der Waals surface area contributed by atoms with Gasteiger partial charge in [0.1, 0.15) is 11.6 Å². The summed E-state index contributed by atoms with van der Waals surface area (Å²) in [4.78, 5) is 22.4. The van der Waals surface area contributed by atoms with Crippen molar-refractivity contribution >= 4 is 23.3 Å². The Morgan fingerprint density at radius 2 is 1.69 bits per heavy atom. The molecule has 0 spiro atoms. The van der Waals surface area contributed by atoms with Crippen molar-refractivity contribution in [2.45, 2.75) is 6.61 Å². The molecule has 0 aliphatic carbocycles. The van der Waals surface area contributed by atoms with Gasteiger partial charge in [0.25, 0.3) is 5.69 Å². The number of benzene rings is 2. The minimum atomic E-state index is -0.724. The minimum Gasteiger partial charge on any atom is -0.493 e. The predicted molar refractivity (Wildman–Crippen MR) is 93.3 cm³/mol. The molecule has 0 amide bonds. The average molecular weight is 382 g/mol. The fourth-order valence-corrected chi connectivity index (χ4v) is 2.42. The van der Waals surface area contributed by atoms with Crippen LogP contribution in [0.5, 0.6) is 17.2 Å². The van der Waals surface area contributed by atoms with Gasteiger partial charge in [0.15, 0.2) is 11.5 Å². The third-order valence-corrected chi connectivity index (χ3v) is 3.79. The number of hydrogen-bond acceptors (Lipinski definition) is 7. The van der Waals surface area contributed by atoms with Crippen LogP contribution in [0.15, 0.2) is 30.3 Å². The maximum Gasteiger partial charge on any atom is 0.338 e. The van der Waals surface area contributed by atoms with Crippen molar-refractivity contribution in [3.63, 3.8) is 0 Å². The van der Waals surface area contributed by atoms with Crippen molar-refractivity contribution in [3.05, 3.63) is 56.6 Å². The summed E-state index contributed by atoms with van der Waals surface area (Å²) in [6, 6.07) is 6.97. The van der Waals surface area contributed by atoms with Crippen LogP contribution in [0.2, 0.25) is 5.02 Å². The number of carbonyl (C=O) groups is 1. The Balaban J connectivity index is 2.19. The number of halogens is 1. The molecule has 2 aromatic carbocycles. The van der Waals surface area contributed by atoms with Gasteiger partial charge in [-0.15, -0.1) is 0 Å². The van der Waals surface area contributed by atoms with E-state index in [1.54, 1.807) is 12.1 Å². The second-order valence-corrected chi connectivity index (χ2v) is 5.44. The maximum absolute atomic E-state index is 12.2. The highest BCUT2D eigenvalue weighted by Crippen LogP contribution is 2.38. The Bertz CT molecular complexity index is 813. The van der Waals surface area contributed by atoms with Gasteiger partial charge in [-0.3, -0.25) is 10.1 Å². The molecule has 2 rings (SSSR count). The molecule has 0 heterocycles. The Kier molecular flexibility index (Phi) is 6.24. The van der Waals surface area contributed by atoms with Crippen molar-refractivity contribution in [1.29, 1.82) is 0 Å². The first kappa shape index (κ1) is 19.3. The standard InChI is InChI=1S/C17H16ClNO7/c1-23-14-6-10(7-15(24-2)16(14)25-3)9-26-17(20)11-4-5-12(18)13(8-11)19(21)22/h4-8H,9H2,1-3H3. The summed E-state index contributed by atoms with van der Waals surface area (Å²) >= 11 is 5.73.